The second kappa shape index (κ2) is 15.6. The molecule has 12 heteroatoms. The van der Waals surface area contributed by atoms with Gasteiger partial charge in [0, 0.05) is 94.0 Å². The molecule has 0 amide bonds. The first kappa shape index (κ1) is 32.1. The summed E-state index contributed by atoms with van der Waals surface area (Å²) in [5.74, 6) is 1.09. The van der Waals surface area contributed by atoms with Crippen molar-refractivity contribution in [2.24, 2.45) is 0 Å². The molecule has 0 atom stereocenters. The third-order valence-electron chi connectivity index (χ3n) is 9.36. The average molecular weight is 613 g/mol. The Labute approximate surface area is 260 Å². The van der Waals surface area contributed by atoms with Gasteiger partial charge in [0.05, 0.1) is 51.3 Å². The van der Waals surface area contributed by atoms with Gasteiger partial charge in [-0.3, -0.25) is 19.9 Å². The minimum absolute atomic E-state index is 0.0134. The summed E-state index contributed by atoms with van der Waals surface area (Å²) in [5.41, 5.74) is 8.80. The number of anilines is 3. The van der Waals surface area contributed by atoms with E-state index in [2.05, 4.69) is 25.7 Å². The number of nitrogens with zero attached hydrogens (tertiary/aromatic N) is 5. The van der Waals surface area contributed by atoms with E-state index < -0.39 is 4.92 Å². The molecule has 4 aliphatic heterocycles. The molecule has 0 unspecified atom stereocenters. The van der Waals surface area contributed by atoms with Gasteiger partial charge in [-0.25, -0.2) is 0 Å². The second-order valence-electron chi connectivity index (χ2n) is 11.8. The van der Waals surface area contributed by atoms with Gasteiger partial charge < -0.3 is 34.5 Å². The molecule has 0 radical (unpaired) electrons. The first-order valence-electron chi connectivity index (χ1n) is 15.9. The Morgan fingerprint density at radius 3 is 1.57 bits per heavy atom. The smallest absolute Gasteiger partial charge is 0.311 e. The summed E-state index contributed by atoms with van der Waals surface area (Å²) in [7, 11) is 3.14. The SMILES string of the molecule is COc1cc(N2CCC(N3CCOCC3)CC2)ccc1N.COc1cc(N2CCC(N3CCOCC3)CC2)ccc1[N+](=O)[O-]. The highest BCUT2D eigenvalue weighted by atomic mass is 16.6. The Hall–Kier alpha value is -3.32. The minimum atomic E-state index is -0.409. The lowest BCUT2D eigenvalue weighted by molar-refractivity contribution is -0.385. The number of ether oxygens (including phenoxy) is 4. The van der Waals surface area contributed by atoms with Crippen LogP contribution in [0, 0.1) is 10.1 Å². The van der Waals surface area contributed by atoms with Crippen LogP contribution in [-0.2, 0) is 9.47 Å². The number of hydrogen-bond donors (Lipinski definition) is 1. The van der Waals surface area contributed by atoms with Crippen molar-refractivity contribution in [1.29, 1.82) is 0 Å². The van der Waals surface area contributed by atoms with Crippen molar-refractivity contribution in [3.8, 4) is 11.5 Å². The number of nitro groups is 1. The van der Waals surface area contributed by atoms with E-state index in [1.807, 2.05) is 18.2 Å². The first-order valence-corrected chi connectivity index (χ1v) is 15.9. The van der Waals surface area contributed by atoms with E-state index in [0.717, 1.165) is 103 Å². The van der Waals surface area contributed by atoms with Gasteiger partial charge in [0.2, 0.25) is 0 Å². The zero-order chi connectivity index (χ0) is 30.9. The molecule has 2 aromatic carbocycles. The maximum Gasteiger partial charge on any atom is 0.311 e. The number of morpholine rings is 2. The van der Waals surface area contributed by atoms with Crippen LogP contribution >= 0.6 is 0 Å². The molecule has 4 heterocycles. The fraction of sp³-hybridized carbons (Fsp3) is 0.625. The number of benzene rings is 2. The normalized spacial score (nSPS) is 21.0. The van der Waals surface area contributed by atoms with E-state index in [9.17, 15) is 10.1 Å². The number of piperidine rings is 2. The number of nitro benzene ring substituents is 1. The van der Waals surface area contributed by atoms with Crippen LogP contribution in [0.2, 0.25) is 0 Å². The van der Waals surface area contributed by atoms with Crippen LogP contribution in [0.1, 0.15) is 25.7 Å². The molecule has 0 spiro atoms. The molecule has 0 bridgehead atoms. The van der Waals surface area contributed by atoms with Crippen molar-refractivity contribution in [3.05, 3.63) is 46.5 Å². The second-order valence-corrected chi connectivity index (χ2v) is 11.8. The monoisotopic (exact) mass is 612 g/mol. The van der Waals surface area contributed by atoms with Gasteiger partial charge in [-0.05, 0) is 43.9 Å². The number of hydrogen-bond acceptors (Lipinski definition) is 11. The summed E-state index contributed by atoms with van der Waals surface area (Å²) in [4.78, 5) is 20.4. The van der Waals surface area contributed by atoms with Gasteiger partial charge in [-0.15, -0.1) is 0 Å². The summed E-state index contributed by atoms with van der Waals surface area (Å²) in [5, 5.41) is 11.0. The average Bonchev–Trinajstić information content (AvgIpc) is 3.09. The zero-order valence-electron chi connectivity index (χ0n) is 26.2. The predicted octanol–water partition coefficient (Wildman–Crippen LogP) is 3.48. The van der Waals surface area contributed by atoms with E-state index in [0.29, 0.717) is 23.5 Å². The summed E-state index contributed by atoms with van der Waals surface area (Å²) in [6.07, 6.45) is 4.65. The molecular weight excluding hydrogens is 564 g/mol. The molecule has 2 aromatic rings. The standard InChI is InChI=1S/C16H23N3O4.C16H25N3O2/c1-22-16-12-14(2-3-15(16)19(20)21)17-6-4-13(5-7-17)18-8-10-23-11-9-18;1-20-16-12-14(2-3-15(16)17)18-6-4-13(5-7-18)19-8-10-21-11-9-19/h2-3,12-13H,4-11H2,1H3;2-3,12-13H,4-11,17H2,1H3. The third kappa shape index (κ3) is 8.03. The first-order chi connectivity index (χ1) is 21.5. The molecule has 6 rings (SSSR count). The topological polar surface area (TPSA) is 119 Å². The fourth-order valence-electron chi connectivity index (χ4n) is 6.77. The molecule has 242 valence electrons. The zero-order valence-corrected chi connectivity index (χ0v) is 26.2. The number of methoxy groups -OCH3 is 2. The van der Waals surface area contributed by atoms with Gasteiger partial charge in [0.15, 0.2) is 5.75 Å². The largest absolute Gasteiger partial charge is 0.495 e. The van der Waals surface area contributed by atoms with Crippen LogP contribution in [0.4, 0.5) is 22.7 Å². The lowest BCUT2D eigenvalue weighted by atomic mass is 10.0. The van der Waals surface area contributed by atoms with Crippen molar-refractivity contribution in [2.45, 2.75) is 37.8 Å². The molecule has 4 aliphatic rings. The Balaban J connectivity index is 0.000000175. The van der Waals surface area contributed by atoms with E-state index in [4.69, 9.17) is 24.7 Å². The van der Waals surface area contributed by atoms with E-state index >= 15 is 0 Å². The van der Waals surface area contributed by atoms with Gasteiger partial charge in [-0.1, -0.05) is 0 Å². The number of nitrogen functional groups attached to an aromatic ring is 1. The van der Waals surface area contributed by atoms with Crippen molar-refractivity contribution in [2.75, 3.05) is 109 Å². The highest BCUT2D eigenvalue weighted by Crippen LogP contribution is 2.33. The lowest BCUT2D eigenvalue weighted by Crippen LogP contribution is -2.49. The van der Waals surface area contributed by atoms with E-state index in [-0.39, 0.29) is 5.69 Å². The maximum absolute atomic E-state index is 11.0. The molecule has 2 N–H and O–H groups in total. The number of nitrogens with two attached hydrogens (primary N) is 1. The van der Waals surface area contributed by atoms with Crippen LogP contribution in [0.25, 0.3) is 0 Å². The molecule has 44 heavy (non-hydrogen) atoms. The predicted molar refractivity (Wildman–Crippen MR) is 172 cm³/mol. The Morgan fingerprint density at radius 2 is 1.14 bits per heavy atom. The summed E-state index contributed by atoms with van der Waals surface area (Å²) in [6.45, 7) is 11.8. The molecule has 0 saturated carbocycles. The van der Waals surface area contributed by atoms with Gasteiger partial charge >= 0.3 is 5.69 Å². The summed E-state index contributed by atoms with van der Waals surface area (Å²) >= 11 is 0. The number of rotatable bonds is 7. The highest BCUT2D eigenvalue weighted by molar-refractivity contribution is 5.62. The summed E-state index contributed by atoms with van der Waals surface area (Å²) in [6, 6.07) is 12.5. The van der Waals surface area contributed by atoms with Crippen molar-refractivity contribution >= 4 is 22.7 Å². The molecule has 4 fully saturated rings. The Bertz CT molecular complexity index is 1210. The van der Waals surface area contributed by atoms with Crippen LogP contribution in [0.3, 0.4) is 0 Å². The van der Waals surface area contributed by atoms with Crippen LogP contribution < -0.4 is 25.0 Å². The highest BCUT2D eigenvalue weighted by Gasteiger charge is 2.28. The fourth-order valence-corrected chi connectivity index (χ4v) is 6.77. The van der Waals surface area contributed by atoms with Crippen LogP contribution in [-0.4, -0.2) is 120 Å². The molecule has 0 aliphatic carbocycles. The van der Waals surface area contributed by atoms with E-state index in [1.54, 1.807) is 13.2 Å². The summed E-state index contributed by atoms with van der Waals surface area (Å²) < 4.78 is 21.3. The molecule has 12 nitrogen and oxygen atoms in total. The van der Waals surface area contributed by atoms with Crippen molar-refractivity contribution in [3.63, 3.8) is 0 Å². The van der Waals surface area contributed by atoms with Crippen molar-refractivity contribution in [1.82, 2.24) is 9.80 Å². The minimum Gasteiger partial charge on any atom is -0.495 e. The molecule has 0 aromatic heterocycles. The maximum atomic E-state index is 11.0. The van der Waals surface area contributed by atoms with Gasteiger partial charge in [0.1, 0.15) is 5.75 Å². The van der Waals surface area contributed by atoms with Crippen LogP contribution in [0.15, 0.2) is 36.4 Å². The van der Waals surface area contributed by atoms with Gasteiger partial charge in [-0.2, -0.15) is 0 Å². The Kier molecular flexibility index (Phi) is 11.4. The van der Waals surface area contributed by atoms with E-state index in [1.165, 1.54) is 31.7 Å². The third-order valence-corrected chi connectivity index (χ3v) is 9.36. The lowest BCUT2D eigenvalue weighted by Gasteiger charge is -2.40. The molecular formula is C32H48N6O6. The Morgan fingerprint density at radius 1 is 0.705 bits per heavy atom. The van der Waals surface area contributed by atoms with Crippen LogP contribution in [0.5, 0.6) is 11.5 Å². The molecule has 4 saturated heterocycles. The van der Waals surface area contributed by atoms with Crippen molar-refractivity contribution < 1.29 is 23.9 Å². The quantitative estimate of drug-likeness (QED) is 0.281. The van der Waals surface area contributed by atoms with Gasteiger partial charge in [0.25, 0.3) is 0 Å².